The van der Waals surface area contributed by atoms with Crippen molar-refractivity contribution >= 4 is 21.9 Å². The minimum Gasteiger partial charge on any atom is -0.456 e. The van der Waals surface area contributed by atoms with Gasteiger partial charge < -0.3 is 4.42 Å². The summed E-state index contributed by atoms with van der Waals surface area (Å²) in [4.78, 5) is 10.4. The van der Waals surface area contributed by atoms with E-state index in [4.69, 9.17) is 14.4 Å². The zero-order chi connectivity index (χ0) is 33.9. The van der Waals surface area contributed by atoms with Crippen molar-refractivity contribution < 1.29 is 4.42 Å². The zero-order valence-electron chi connectivity index (χ0n) is 28.0. The van der Waals surface area contributed by atoms with Crippen molar-refractivity contribution in [2.24, 2.45) is 0 Å². The van der Waals surface area contributed by atoms with Gasteiger partial charge in [0.2, 0.25) is 0 Å². The van der Waals surface area contributed by atoms with Crippen molar-refractivity contribution in [1.82, 2.24) is 9.97 Å². The highest BCUT2D eigenvalue weighted by atomic mass is 16.3. The maximum Gasteiger partial charge on any atom is 0.160 e. The first-order valence-electron chi connectivity index (χ1n) is 17.4. The highest BCUT2D eigenvalue weighted by Gasteiger charge is 2.40. The van der Waals surface area contributed by atoms with E-state index in [1.165, 1.54) is 27.8 Å². The van der Waals surface area contributed by atoms with Gasteiger partial charge in [-0.15, -0.1) is 0 Å². The Morgan fingerprint density at radius 1 is 0.412 bits per heavy atom. The van der Waals surface area contributed by atoms with Gasteiger partial charge in [-0.2, -0.15) is 0 Å². The number of furan rings is 1. The molecule has 9 aromatic rings. The number of benzene rings is 7. The van der Waals surface area contributed by atoms with E-state index in [-0.39, 0.29) is 5.41 Å². The van der Waals surface area contributed by atoms with Gasteiger partial charge in [0.15, 0.2) is 5.82 Å². The van der Waals surface area contributed by atoms with Crippen molar-refractivity contribution in [3.8, 4) is 56.2 Å². The highest BCUT2D eigenvalue weighted by molar-refractivity contribution is 6.06. The van der Waals surface area contributed by atoms with Gasteiger partial charge >= 0.3 is 0 Å². The molecule has 0 saturated carbocycles. The quantitative estimate of drug-likeness (QED) is 0.186. The molecule has 1 unspecified atom stereocenters. The Labute approximate surface area is 296 Å². The minimum absolute atomic E-state index is 0.246. The highest BCUT2D eigenvalue weighted by Crippen LogP contribution is 2.53. The summed E-state index contributed by atoms with van der Waals surface area (Å²) in [7, 11) is 0. The van der Waals surface area contributed by atoms with E-state index in [0.717, 1.165) is 61.1 Å². The van der Waals surface area contributed by atoms with Gasteiger partial charge in [-0.25, -0.2) is 9.97 Å². The molecule has 0 fully saturated rings. The number of aromatic nitrogens is 2. The van der Waals surface area contributed by atoms with E-state index in [2.05, 4.69) is 153 Å². The molecule has 2 aromatic heterocycles. The Balaban J connectivity index is 1.11. The number of nitrogens with zero attached hydrogens (tertiary/aromatic N) is 2. The average Bonchev–Trinajstić information content (AvgIpc) is 3.71. The largest absolute Gasteiger partial charge is 0.456 e. The number of hydrogen-bond donors (Lipinski definition) is 0. The zero-order valence-corrected chi connectivity index (χ0v) is 28.0. The molecule has 10 rings (SSSR count). The molecule has 0 N–H and O–H groups in total. The lowest BCUT2D eigenvalue weighted by molar-refractivity contribution is 0.669. The van der Waals surface area contributed by atoms with Gasteiger partial charge in [-0.05, 0) is 82.3 Å². The van der Waals surface area contributed by atoms with Crippen LogP contribution in [-0.4, -0.2) is 9.97 Å². The molecule has 1 aliphatic rings. The van der Waals surface area contributed by atoms with E-state index in [1.54, 1.807) is 0 Å². The van der Waals surface area contributed by atoms with Crippen LogP contribution in [0.5, 0.6) is 0 Å². The monoisotopic (exact) mass is 652 g/mol. The topological polar surface area (TPSA) is 38.9 Å². The first-order chi connectivity index (χ1) is 25.1. The molecule has 1 atom stereocenters. The van der Waals surface area contributed by atoms with Crippen molar-refractivity contribution in [3.63, 3.8) is 0 Å². The van der Waals surface area contributed by atoms with Gasteiger partial charge in [-0.1, -0.05) is 140 Å². The van der Waals surface area contributed by atoms with E-state index in [1.807, 2.05) is 30.3 Å². The van der Waals surface area contributed by atoms with Crippen LogP contribution in [0.1, 0.15) is 23.6 Å². The maximum absolute atomic E-state index is 6.11. The lowest BCUT2D eigenvalue weighted by atomic mass is 9.74. The molecule has 0 radical (unpaired) electrons. The molecule has 0 bridgehead atoms. The molecule has 0 saturated heterocycles. The summed E-state index contributed by atoms with van der Waals surface area (Å²) in [5, 5.41) is 2.24. The van der Waals surface area contributed by atoms with Crippen molar-refractivity contribution in [2.45, 2.75) is 12.3 Å². The van der Waals surface area contributed by atoms with Gasteiger partial charge in [0.1, 0.15) is 11.2 Å². The second-order valence-corrected chi connectivity index (χ2v) is 13.5. The van der Waals surface area contributed by atoms with Crippen LogP contribution in [0.3, 0.4) is 0 Å². The Morgan fingerprint density at radius 2 is 1.02 bits per heavy atom. The maximum atomic E-state index is 6.11. The summed E-state index contributed by atoms with van der Waals surface area (Å²) in [6, 6.07) is 62.2. The van der Waals surface area contributed by atoms with Crippen LogP contribution >= 0.6 is 0 Å². The first-order valence-corrected chi connectivity index (χ1v) is 17.4. The molecule has 51 heavy (non-hydrogen) atoms. The smallest absolute Gasteiger partial charge is 0.160 e. The second kappa shape index (κ2) is 11.5. The summed E-state index contributed by atoms with van der Waals surface area (Å²) >= 11 is 0. The third kappa shape index (κ3) is 4.74. The van der Waals surface area contributed by atoms with Crippen LogP contribution in [0.25, 0.3) is 78.1 Å². The molecule has 2 heterocycles. The number of hydrogen-bond acceptors (Lipinski definition) is 3. The Hall–Kier alpha value is -6.58. The normalized spacial score (nSPS) is 14.8. The molecular formula is C48H32N2O. The van der Waals surface area contributed by atoms with Crippen LogP contribution in [-0.2, 0) is 5.41 Å². The second-order valence-electron chi connectivity index (χ2n) is 13.5. The SMILES string of the molecule is CC1(c2ccccc2)c2ccccc2-c2cc(-c3cc(-c4cccc(-c5ccc6oc7ccccc7c6c5)c4)nc(-c4ccccc4)n3)ccc21. The van der Waals surface area contributed by atoms with E-state index in [0.29, 0.717) is 5.82 Å². The van der Waals surface area contributed by atoms with Gasteiger partial charge in [0.05, 0.1) is 11.4 Å². The van der Waals surface area contributed by atoms with Gasteiger partial charge in [-0.3, -0.25) is 0 Å². The van der Waals surface area contributed by atoms with Crippen LogP contribution in [0.4, 0.5) is 0 Å². The van der Waals surface area contributed by atoms with Crippen molar-refractivity contribution in [2.75, 3.05) is 0 Å². The van der Waals surface area contributed by atoms with Crippen molar-refractivity contribution in [1.29, 1.82) is 0 Å². The molecule has 3 heteroatoms. The molecule has 0 spiro atoms. The Bertz CT molecular complexity index is 2760. The molecule has 1 aliphatic carbocycles. The van der Waals surface area contributed by atoms with Gasteiger partial charge in [0, 0.05) is 32.9 Å². The third-order valence-corrected chi connectivity index (χ3v) is 10.6. The third-order valence-electron chi connectivity index (χ3n) is 10.6. The molecule has 240 valence electrons. The summed E-state index contributed by atoms with van der Waals surface area (Å²) in [6.07, 6.45) is 0. The Morgan fingerprint density at radius 3 is 1.86 bits per heavy atom. The lowest BCUT2D eigenvalue weighted by Crippen LogP contribution is -2.22. The summed E-state index contributed by atoms with van der Waals surface area (Å²) in [5.74, 6) is 0.704. The first kappa shape index (κ1) is 29.3. The van der Waals surface area contributed by atoms with Gasteiger partial charge in [0.25, 0.3) is 0 Å². The van der Waals surface area contributed by atoms with Crippen molar-refractivity contribution in [3.05, 3.63) is 193 Å². The van der Waals surface area contributed by atoms with Crippen LogP contribution in [0, 0.1) is 0 Å². The standard InChI is InChI=1S/C48H32N2O/c1-48(36-17-6-3-7-18-36)41-21-10-8-19-37(41)39-29-35(23-25-42(39)48)44-30-43(49-47(50-44)31-13-4-2-5-14-31)34-16-12-15-32(27-34)33-24-26-46-40(28-33)38-20-9-11-22-45(38)51-46/h2-30H,1H3. The summed E-state index contributed by atoms with van der Waals surface area (Å²) in [6.45, 7) is 2.35. The predicted molar refractivity (Wildman–Crippen MR) is 208 cm³/mol. The fourth-order valence-electron chi connectivity index (χ4n) is 7.97. The van der Waals surface area contributed by atoms with E-state index >= 15 is 0 Å². The fourth-order valence-corrected chi connectivity index (χ4v) is 7.97. The van der Waals surface area contributed by atoms with E-state index in [9.17, 15) is 0 Å². The lowest BCUT2D eigenvalue weighted by Gasteiger charge is -2.28. The number of fused-ring (bicyclic) bond motifs is 6. The van der Waals surface area contributed by atoms with Crippen LogP contribution in [0.2, 0.25) is 0 Å². The molecule has 0 amide bonds. The minimum atomic E-state index is -0.246. The average molecular weight is 653 g/mol. The molecule has 7 aromatic carbocycles. The molecule has 3 nitrogen and oxygen atoms in total. The molecular weight excluding hydrogens is 621 g/mol. The fraction of sp³-hybridized carbons (Fsp3) is 0.0417. The van der Waals surface area contributed by atoms with Crippen LogP contribution < -0.4 is 0 Å². The molecule has 0 aliphatic heterocycles. The van der Waals surface area contributed by atoms with Crippen LogP contribution in [0.15, 0.2) is 180 Å². The summed E-state index contributed by atoms with van der Waals surface area (Å²) < 4.78 is 6.11. The summed E-state index contributed by atoms with van der Waals surface area (Å²) in [5.41, 5.74) is 15.1. The Kier molecular flexibility index (Phi) is 6.62. The number of para-hydroxylation sites is 1. The van der Waals surface area contributed by atoms with E-state index < -0.39 is 0 Å². The predicted octanol–water partition coefficient (Wildman–Crippen LogP) is 12.4. The number of rotatable bonds is 5.